The van der Waals surface area contributed by atoms with Crippen LogP contribution >= 0.6 is 22.6 Å². The van der Waals surface area contributed by atoms with E-state index >= 15 is 0 Å². The van der Waals surface area contributed by atoms with Crippen molar-refractivity contribution in [1.29, 1.82) is 0 Å². The molecule has 0 fully saturated rings. The van der Waals surface area contributed by atoms with Gasteiger partial charge in [-0.2, -0.15) is 0 Å². The lowest BCUT2D eigenvalue weighted by Gasteiger charge is -2.04. The molecule has 15 heavy (non-hydrogen) atoms. The Hall–Kier alpha value is -1.03. The molecule has 0 aliphatic heterocycles. The summed E-state index contributed by atoms with van der Waals surface area (Å²) in [7, 11) is 1.68. The topological polar surface area (TPSA) is 9.23 Å². The Morgan fingerprint density at radius 3 is 2.27 bits per heavy atom. The van der Waals surface area contributed by atoms with Gasteiger partial charge in [0.25, 0.3) is 0 Å². The number of benzene rings is 2. The Balaban J connectivity index is 2.37. The minimum atomic E-state index is 0.893. The van der Waals surface area contributed by atoms with Crippen molar-refractivity contribution in [2.75, 3.05) is 7.11 Å². The van der Waals surface area contributed by atoms with Gasteiger partial charge in [-0.3, -0.25) is 0 Å². The van der Waals surface area contributed by atoms with Gasteiger partial charge in [0.05, 0.1) is 7.11 Å². The molecule has 0 aromatic heterocycles. The van der Waals surface area contributed by atoms with Gasteiger partial charge < -0.3 is 4.74 Å². The van der Waals surface area contributed by atoms with Crippen molar-refractivity contribution in [3.63, 3.8) is 0 Å². The van der Waals surface area contributed by atoms with Crippen LogP contribution in [-0.4, -0.2) is 7.11 Å². The molecule has 0 unspecified atom stereocenters. The number of hydrogen-bond acceptors (Lipinski definition) is 1. The molecule has 2 aromatic carbocycles. The van der Waals surface area contributed by atoms with E-state index in [1.54, 1.807) is 7.11 Å². The van der Waals surface area contributed by atoms with Crippen LogP contribution in [-0.2, 0) is 0 Å². The van der Waals surface area contributed by atoms with E-state index in [1.165, 1.54) is 14.7 Å². The van der Waals surface area contributed by atoms with E-state index in [0.717, 1.165) is 5.75 Å². The molecule has 0 saturated heterocycles. The highest BCUT2D eigenvalue weighted by atomic mass is 127. The van der Waals surface area contributed by atoms with Crippen LogP contribution in [0.15, 0.2) is 48.5 Å². The zero-order chi connectivity index (χ0) is 10.7. The first-order valence-electron chi connectivity index (χ1n) is 4.69. The summed E-state index contributed by atoms with van der Waals surface area (Å²) in [6, 6.07) is 16.6. The molecule has 0 aliphatic carbocycles. The second-order valence-electron chi connectivity index (χ2n) is 3.24. The minimum absolute atomic E-state index is 0.893. The van der Waals surface area contributed by atoms with Crippen LogP contribution in [0.5, 0.6) is 5.75 Å². The summed E-state index contributed by atoms with van der Waals surface area (Å²) in [5, 5.41) is 0. The van der Waals surface area contributed by atoms with Crippen molar-refractivity contribution < 1.29 is 4.74 Å². The van der Waals surface area contributed by atoms with E-state index in [2.05, 4.69) is 59.0 Å². The fraction of sp³-hybridized carbons (Fsp3) is 0.0769. The highest BCUT2D eigenvalue weighted by molar-refractivity contribution is 14.1. The monoisotopic (exact) mass is 310 g/mol. The number of halogens is 1. The van der Waals surface area contributed by atoms with Crippen LogP contribution in [0.4, 0.5) is 0 Å². The van der Waals surface area contributed by atoms with Crippen LogP contribution in [0.1, 0.15) is 0 Å². The largest absolute Gasteiger partial charge is 0.497 e. The average Bonchev–Trinajstić information content (AvgIpc) is 2.29. The van der Waals surface area contributed by atoms with E-state index < -0.39 is 0 Å². The first-order valence-corrected chi connectivity index (χ1v) is 5.77. The van der Waals surface area contributed by atoms with Gasteiger partial charge in [0.15, 0.2) is 0 Å². The maximum absolute atomic E-state index is 5.13. The third-order valence-electron chi connectivity index (χ3n) is 2.25. The quantitative estimate of drug-likeness (QED) is 0.763. The van der Waals surface area contributed by atoms with Crippen molar-refractivity contribution in [1.82, 2.24) is 0 Å². The third kappa shape index (κ3) is 2.50. The molecule has 0 N–H and O–H groups in total. The summed E-state index contributed by atoms with van der Waals surface area (Å²) in [4.78, 5) is 0. The van der Waals surface area contributed by atoms with Crippen LogP contribution in [0, 0.1) is 3.57 Å². The first kappa shape index (κ1) is 10.5. The average molecular weight is 310 g/mol. The Kier molecular flexibility index (Phi) is 3.26. The molecular formula is C13H11IO. The number of ether oxygens (including phenoxy) is 1. The van der Waals surface area contributed by atoms with E-state index in [4.69, 9.17) is 4.74 Å². The van der Waals surface area contributed by atoms with Crippen molar-refractivity contribution in [2.45, 2.75) is 0 Å². The zero-order valence-corrected chi connectivity index (χ0v) is 10.6. The van der Waals surface area contributed by atoms with Crippen LogP contribution < -0.4 is 4.74 Å². The summed E-state index contributed by atoms with van der Waals surface area (Å²) in [6.07, 6.45) is 0. The van der Waals surface area contributed by atoms with Crippen molar-refractivity contribution >= 4 is 22.6 Å². The van der Waals surface area contributed by atoms with Gasteiger partial charge in [-0.05, 0) is 58.0 Å². The second kappa shape index (κ2) is 4.66. The Labute approximate surface area is 103 Å². The zero-order valence-electron chi connectivity index (χ0n) is 8.41. The summed E-state index contributed by atoms with van der Waals surface area (Å²) in [6.45, 7) is 0. The lowest BCUT2D eigenvalue weighted by Crippen LogP contribution is -1.83. The Morgan fingerprint density at radius 1 is 0.933 bits per heavy atom. The maximum Gasteiger partial charge on any atom is 0.118 e. The SMILES string of the molecule is COc1ccc(-c2cccc(I)c2)cc1. The predicted octanol–water partition coefficient (Wildman–Crippen LogP) is 3.97. The van der Waals surface area contributed by atoms with Gasteiger partial charge in [0.1, 0.15) is 5.75 Å². The molecule has 2 rings (SSSR count). The molecule has 0 heterocycles. The molecule has 0 radical (unpaired) electrons. The van der Waals surface area contributed by atoms with Gasteiger partial charge in [-0.25, -0.2) is 0 Å². The Morgan fingerprint density at radius 2 is 1.67 bits per heavy atom. The van der Waals surface area contributed by atoms with Gasteiger partial charge in [-0.1, -0.05) is 24.3 Å². The lowest BCUT2D eigenvalue weighted by molar-refractivity contribution is 0.415. The lowest BCUT2D eigenvalue weighted by atomic mass is 10.1. The molecule has 0 atom stereocenters. The molecule has 0 spiro atoms. The van der Waals surface area contributed by atoms with Gasteiger partial charge >= 0.3 is 0 Å². The molecule has 0 bridgehead atoms. The fourth-order valence-electron chi connectivity index (χ4n) is 1.45. The molecular weight excluding hydrogens is 299 g/mol. The van der Waals surface area contributed by atoms with Gasteiger partial charge in [0, 0.05) is 3.57 Å². The Bertz CT molecular complexity index is 448. The van der Waals surface area contributed by atoms with Crippen molar-refractivity contribution in [2.24, 2.45) is 0 Å². The second-order valence-corrected chi connectivity index (χ2v) is 4.48. The molecule has 0 amide bonds. The molecule has 1 nitrogen and oxygen atoms in total. The molecule has 76 valence electrons. The van der Waals surface area contributed by atoms with Gasteiger partial charge in [-0.15, -0.1) is 0 Å². The summed E-state index contributed by atoms with van der Waals surface area (Å²) < 4.78 is 6.38. The van der Waals surface area contributed by atoms with Crippen LogP contribution in [0.3, 0.4) is 0 Å². The van der Waals surface area contributed by atoms with Crippen molar-refractivity contribution in [3.05, 3.63) is 52.1 Å². The summed E-state index contributed by atoms with van der Waals surface area (Å²) >= 11 is 2.32. The standard InChI is InChI=1S/C13H11IO/c1-15-13-7-5-10(6-8-13)11-3-2-4-12(14)9-11/h2-9H,1H3. The van der Waals surface area contributed by atoms with E-state index in [0.29, 0.717) is 0 Å². The number of hydrogen-bond donors (Lipinski definition) is 0. The predicted molar refractivity (Wildman–Crippen MR) is 71.1 cm³/mol. The highest BCUT2D eigenvalue weighted by Crippen LogP contribution is 2.23. The number of methoxy groups -OCH3 is 1. The third-order valence-corrected chi connectivity index (χ3v) is 2.92. The first-order chi connectivity index (χ1) is 7.29. The molecule has 0 saturated carbocycles. The minimum Gasteiger partial charge on any atom is -0.497 e. The van der Waals surface area contributed by atoms with Crippen LogP contribution in [0.2, 0.25) is 0 Å². The normalized spacial score (nSPS) is 10.0. The van der Waals surface area contributed by atoms with Crippen LogP contribution in [0.25, 0.3) is 11.1 Å². The van der Waals surface area contributed by atoms with E-state index in [9.17, 15) is 0 Å². The fourth-order valence-corrected chi connectivity index (χ4v) is 1.99. The van der Waals surface area contributed by atoms with E-state index in [1.807, 2.05) is 12.1 Å². The molecule has 2 aromatic rings. The smallest absolute Gasteiger partial charge is 0.118 e. The van der Waals surface area contributed by atoms with Gasteiger partial charge in [0.2, 0.25) is 0 Å². The molecule has 0 aliphatic rings. The van der Waals surface area contributed by atoms with Crippen molar-refractivity contribution in [3.8, 4) is 16.9 Å². The number of rotatable bonds is 2. The highest BCUT2D eigenvalue weighted by Gasteiger charge is 1.98. The molecule has 2 heteroatoms. The summed E-state index contributed by atoms with van der Waals surface area (Å²) in [5.74, 6) is 0.893. The summed E-state index contributed by atoms with van der Waals surface area (Å²) in [5.41, 5.74) is 2.46. The maximum atomic E-state index is 5.13. The van der Waals surface area contributed by atoms with E-state index in [-0.39, 0.29) is 0 Å².